The zero-order valence-corrected chi connectivity index (χ0v) is 16.2. The molecule has 1 aliphatic rings. The van der Waals surface area contributed by atoms with Gasteiger partial charge in [-0.3, -0.25) is 4.79 Å². The topological polar surface area (TPSA) is 67.4 Å². The second-order valence-corrected chi connectivity index (χ2v) is 7.33. The Morgan fingerprint density at radius 2 is 2.35 bits per heavy atom. The van der Waals surface area contributed by atoms with Gasteiger partial charge in [0.15, 0.2) is 0 Å². The zero-order valence-electron chi connectivity index (χ0n) is 15.4. The van der Waals surface area contributed by atoms with Crippen LogP contribution in [0.3, 0.4) is 0 Å². The molecule has 140 valence electrons. The lowest BCUT2D eigenvalue weighted by molar-refractivity contribution is -0.125. The van der Waals surface area contributed by atoms with Crippen LogP contribution in [0.1, 0.15) is 37.6 Å². The molecule has 0 spiro atoms. The molecule has 1 N–H and O–H groups in total. The summed E-state index contributed by atoms with van der Waals surface area (Å²) in [4.78, 5) is 19.2. The van der Waals surface area contributed by atoms with Crippen LogP contribution >= 0.6 is 11.5 Å². The number of rotatable bonds is 7. The van der Waals surface area contributed by atoms with E-state index in [4.69, 9.17) is 9.72 Å². The van der Waals surface area contributed by atoms with E-state index in [1.807, 2.05) is 18.2 Å². The van der Waals surface area contributed by atoms with E-state index in [2.05, 4.69) is 27.6 Å². The minimum Gasteiger partial charge on any atom is -0.497 e. The Labute approximate surface area is 158 Å². The number of carbonyl (C=O) groups excluding carboxylic acids is 1. The van der Waals surface area contributed by atoms with Crippen LogP contribution < -0.4 is 15.0 Å². The molecule has 7 heteroatoms. The van der Waals surface area contributed by atoms with E-state index >= 15 is 0 Å². The highest BCUT2D eigenvalue weighted by atomic mass is 32.1. The van der Waals surface area contributed by atoms with Gasteiger partial charge in [-0.2, -0.15) is 4.37 Å². The summed E-state index contributed by atoms with van der Waals surface area (Å²) < 4.78 is 9.78. The second-order valence-electron chi connectivity index (χ2n) is 6.60. The van der Waals surface area contributed by atoms with Crippen molar-refractivity contribution in [1.82, 2.24) is 14.7 Å². The van der Waals surface area contributed by atoms with Gasteiger partial charge in [0, 0.05) is 37.6 Å². The molecular formula is C19H26N4O2S. The highest BCUT2D eigenvalue weighted by molar-refractivity contribution is 7.09. The fraction of sp³-hybridized carbons (Fsp3) is 0.526. The van der Waals surface area contributed by atoms with Gasteiger partial charge >= 0.3 is 0 Å². The lowest BCUT2D eigenvalue weighted by Gasteiger charge is -2.31. The predicted octanol–water partition coefficient (Wildman–Crippen LogP) is 2.88. The molecule has 3 rings (SSSR count). The van der Waals surface area contributed by atoms with Crippen LogP contribution in [0.15, 0.2) is 24.3 Å². The fourth-order valence-corrected chi connectivity index (χ4v) is 3.89. The van der Waals surface area contributed by atoms with Gasteiger partial charge < -0.3 is 15.0 Å². The van der Waals surface area contributed by atoms with E-state index in [0.29, 0.717) is 6.42 Å². The Morgan fingerprint density at radius 1 is 1.46 bits per heavy atom. The van der Waals surface area contributed by atoms with Crippen molar-refractivity contribution in [3.63, 3.8) is 0 Å². The van der Waals surface area contributed by atoms with Crippen molar-refractivity contribution in [2.75, 3.05) is 31.6 Å². The molecule has 1 fully saturated rings. The molecule has 0 aliphatic carbocycles. The lowest BCUT2D eigenvalue weighted by Crippen LogP contribution is -2.43. The highest BCUT2D eigenvalue weighted by Gasteiger charge is 2.27. The molecule has 1 aliphatic heterocycles. The molecule has 0 unspecified atom stereocenters. The minimum absolute atomic E-state index is 0.0426. The van der Waals surface area contributed by atoms with E-state index in [1.165, 1.54) is 11.5 Å². The van der Waals surface area contributed by atoms with E-state index in [0.717, 1.165) is 61.2 Å². The quantitative estimate of drug-likeness (QED) is 0.807. The summed E-state index contributed by atoms with van der Waals surface area (Å²) in [6.45, 7) is 4.48. The highest BCUT2D eigenvalue weighted by Crippen LogP contribution is 2.26. The summed E-state index contributed by atoms with van der Waals surface area (Å²) in [5.74, 6) is 1.87. The van der Waals surface area contributed by atoms with Crippen LogP contribution in [0.4, 0.5) is 5.13 Å². The van der Waals surface area contributed by atoms with Gasteiger partial charge in [0.2, 0.25) is 11.0 Å². The summed E-state index contributed by atoms with van der Waals surface area (Å²) in [6.07, 6.45) is 3.60. The number of hydrogen-bond donors (Lipinski definition) is 1. The van der Waals surface area contributed by atoms with Gasteiger partial charge in [-0.1, -0.05) is 19.1 Å². The average Bonchev–Trinajstić information content (AvgIpc) is 3.15. The SMILES string of the molecule is CCCNC(=O)[C@@H]1CCCN(c2nc(Cc3cccc(OC)c3)ns2)C1. The first kappa shape index (κ1) is 18.6. The first-order valence-electron chi connectivity index (χ1n) is 9.17. The number of benzene rings is 1. The molecular weight excluding hydrogens is 348 g/mol. The fourth-order valence-electron chi connectivity index (χ4n) is 3.17. The molecule has 1 aromatic heterocycles. The van der Waals surface area contributed by atoms with Crippen molar-refractivity contribution in [1.29, 1.82) is 0 Å². The standard InChI is InChI=1S/C19H26N4O2S/c1-3-9-20-18(24)15-7-5-10-23(13-15)19-21-17(22-26-19)12-14-6-4-8-16(11-14)25-2/h4,6,8,11,15H,3,5,7,9-10,12-13H2,1-2H3,(H,20,24)/t15-/m1/s1. The maximum atomic E-state index is 12.3. The van der Waals surface area contributed by atoms with Gasteiger partial charge in [0.25, 0.3) is 0 Å². The van der Waals surface area contributed by atoms with Gasteiger partial charge in [0.1, 0.15) is 11.6 Å². The van der Waals surface area contributed by atoms with Gasteiger partial charge in [-0.15, -0.1) is 0 Å². The van der Waals surface area contributed by atoms with Gasteiger partial charge in [-0.25, -0.2) is 4.98 Å². The monoisotopic (exact) mass is 374 g/mol. The first-order chi connectivity index (χ1) is 12.7. The maximum Gasteiger partial charge on any atom is 0.224 e. The summed E-state index contributed by atoms with van der Waals surface area (Å²) >= 11 is 1.42. The third kappa shape index (κ3) is 4.72. The van der Waals surface area contributed by atoms with Crippen LogP contribution in [-0.2, 0) is 11.2 Å². The second kappa shape index (κ2) is 8.98. The number of aromatic nitrogens is 2. The first-order valence-corrected chi connectivity index (χ1v) is 9.95. The minimum atomic E-state index is 0.0426. The Kier molecular flexibility index (Phi) is 6.44. The van der Waals surface area contributed by atoms with Crippen molar-refractivity contribution < 1.29 is 9.53 Å². The number of methoxy groups -OCH3 is 1. The number of nitrogens with one attached hydrogen (secondary N) is 1. The average molecular weight is 375 g/mol. The molecule has 1 amide bonds. The molecule has 0 bridgehead atoms. The van der Waals surface area contributed by atoms with E-state index < -0.39 is 0 Å². The van der Waals surface area contributed by atoms with Crippen molar-refractivity contribution >= 4 is 22.6 Å². The summed E-state index contributed by atoms with van der Waals surface area (Å²) in [5.41, 5.74) is 1.13. The molecule has 2 aromatic rings. The predicted molar refractivity (Wildman–Crippen MR) is 104 cm³/mol. The van der Waals surface area contributed by atoms with Crippen LogP contribution in [0.5, 0.6) is 5.75 Å². The van der Waals surface area contributed by atoms with Crippen LogP contribution in [0.25, 0.3) is 0 Å². The summed E-state index contributed by atoms with van der Waals surface area (Å²) in [6, 6.07) is 7.97. The van der Waals surface area contributed by atoms with Crippen molar-refractivity contribution in [2.45, 2.75) is 32.6 Å². The number of ether oxygens (including phenoxy) is 1. The molecule has 1 aromatic carbocycles. The number of piperidine rings is 1. The molecule has 2 heterocycles. The summed E-state index contributed by atoms with van der Waals surface area (Å²) in [5, 5.41) is 3.93. The number of hydrogen-bond acceptors (Lipinski definition) is 6. The number of carbonyl (C=O) groups is 1. The smallest absolute Gasteiger partial charge is 0.224 e. The largest absolute Gasteiger partial charge is 0.497 e. The Morgan fingerprint density at radius 3 is 3.15 bits per heavy atom. The maximum absolute atomic E-state index is 12.3. The molecule has 0 saturated carbocycles. The summed E-state index contributed by atoms with van der Waals surface area (Å²) in [7, 11) is 1.67. The number of anilines is 1. The Balaban J connectivity index is 1.62. The zero-order chi connectivity index (χ0) is 18.4. The van der Waals surface area contributed by atoms with Crippen LogP contribution in [0.2, 0.25) is 0 Å². The number of nitrogens with zero attached hydrogens (tertiary/aromatic N) is 3. The van der Waals surface area contributed by atoms with Gasteiger partial charge in [-0.05, 0) is 37.0 Å². The van der Waals surface area contributed by atoms with E-state index in [9.17, 15) is 4.79 Å². The van der Waals surface area contributed by atoms with Crippen LogP contribution in [0, 0.1) is 5.92 Å². The third-order valence-electron chi connectivity index (χ3n) is 4.57. The normalized spacial score (nSPS) is 17.2. The van der Waals surface area contributed by atoms with Crippen LogP contribution in [-0.4, -0.2) is 42.0 Å². The van der Waals surface area contributed by atoms with Crippen molar-refractivity contribution in [3.05, 3.63) is 35.7 Å². The third-order valence-corrected chi connectivity index (χ3v) is 5.38. The van der Waals surface area contributed by atoms with Crippen molar-refractivity contribution in [3.8, 4) is 5.75 Å². The lowest BCUT2D eigenvalue weighted by atomic mass is 9.97. The Bertz CT molecular complexity index is 734. The number of amides is 1. The van der Waals surface area contributed by atoms with Gasteiger partial charge in [0.05, 0.1) is 13.0 Å². The van der Waals surface area contributed by atoms with Crippen molar-refractivity contribution in [2.24, 2.45) is 5.92 Å². The molecule has 1 saturated heterocycles. The Hall–Kier alpha value is -2.15. The molecule has 26 heavy (non-hydrogen) atoms. The molecule has 6 nitrogen and oxygen atoms in total. The van der Waals surface area contributed by atoms with E-state index in [1.54, 1.807) is 7.11 Å². The molecule has 0 radical (unpaired) electrons. The molecule has 1 atom stereocenters. The van der Waals surface area contributed by atoms with E-state index in [-0.39, 0.29) is 11.8 Å².